The summed E-state index contributed by atoms with van der Waals surface area (Å²) in [6.45, 7) is 7.30. The maximum absolute atomic E-state index is 12.8. The van der Waals surface area contributed by atoms with Crippen molar-refractivity contribution in [3.8, 4) is 0 Å². The van der Waals surface area contributed by atoms with Crippen LogP contribution in [0.1, 0.15) is 76.6 Å². The number of rotatable bonds is 4. The van der Waals surface area contributed by atoms with Crippen LogP contribution in [0.25, 0.3) is 0 Å². The zero-order valence-electron chi connectivity index (χ0n) is 13.6. The summed E-state index contributed by atoms with van der Waals surface area (Å²) in [5.74, 6) is 0. The summed E-state index contributed by atoms with van der Waals surface area (Å²) in [4.78, 5) is 12.8. The summed E-state index contributed by atoms with van der Waals surface area (Å²) in [6.07, 6.45) is 7.48. The van der Waals surface area contributed by atoms with E-state index in [1.807, 2.05) is 6.07 Å². The molecule has 0 saturated heterocycles. The van der Waals surface area contributed by atoms with E-state index in [0.29, 0.717) is 12.1 Å². The van der Waals surface area contributed by atoms with Gasteiger partial charge < -0.3 is 9.88 Å². The van der Waals surface area contributed by atoms with Crippen LogP contribution in [0.2, 0.25) is 0 Å². The zero-order chi connectivity index (χ0) is 15.0. The Hall–Kier alpha value is -1.09. The number of hydrogen-bond acceptors (Lipinski definition) is 2. The first-order valence-electron chi connectivity index (χ1n) is 8.45. The van der Waals surface area contributed by atoms with E-state index in [-0.39, 0.29) is 11.0 Å². The van der Waals surface area contributed by atoms with Gasteiger partial charge in [0.1, 0.15) is 0 Å². The van der Waals surface area contributed by atoms with Crippen LogP contribution >= 0.6 is 0 Å². The van der Waals surface area contributed by atoms with Gasteiger partial charge in [-0.1, -0.05) is 39.7 Å². The maximum Gasteiger partial charge on any atom is 0.255 e. The second-order valence-electron chi connectivity index (χ2n) is 7.76. The first kappa shape index (κ1) is 14.8. The van der Waals surface area contributed by atoms with Crippen LogP contribution in [0.3, 0.4) is 0 Å². The van der Waals surface area contributed by atoms with Gasteiger partial charge in [-0.15, -0.1) is 0 Å². The fourth-order valence-corrected chi connectivity index (χ4v) is 3.42. The van der Waals surface area contributed by atoms with Crippen LogP contribution < -0.4 is 10.9 Å². The highest BCUT2D eigenvalue weighted by molar-refractivity contribution is 5.23. The molecule has 3 heteroatoms. The zero-order valence-corrected chi connectivity index (χ0v) is 13.6. The van der Waals surface area contributed by atoms with Crippen LogP contribution in [0.15, 0.2) is 16.9 Å². The van der Waals surface area contributed by atoms with Crippen molar-refractivity contribution in [2.24, 2.45) is 0 Å². The molecule has 1 aromatic rings. The molecule has 3 rings (SSSR count). The molecule has 116 valence electrons. The molecule has 3 nitrogen and oxygen atoms in total. The summed E-state index contributed by atoms with van der Waals surface area (Å²) < 4.78 is 2.08. The molecule has 0 bridgehead atoms. The van der Waals surface area contributed by atoms with E-state index in [9.17, 15) is 4.79 Å². The lowest BCUT2D eigenvalue weighted by molar-refractivity contribution is 0.492. The van der Waals surface area contributed by atoms with Gasteiger partial charge in [0.2, 0.25) is 0 Å². The molecule has 0 amide bonds. The van der Waals surface area contributed by atoms with Gasteiger partial charge in [-0.2, -0.15) is 0 Å². The van der Waals surface area contributed by atoms with E-state index in [1.165, 1.54) is 31.4 Å². The van der Waals surface area contributed by atoms with Crippen molar-refractivity contribution in [3.63, 3.8) is 0 Å². The molecular formula is C18H28N2O. The average Bonchev–Trinajstić information content (AvgIpc) is 3.11. The molecule has 1 aromatic heterocycles. The van der Waals surface area contributed by atoms with Crippen molar-refractivity contribution < 1.29 is 0 Å². The van der Waals surface area contributed by atoms with Gasteiger partial charge in [-0.25, -0.2) is 0 Å². The van der Waals surface area contributed by atoms with Gasteiger partial charge in [-0.05, 0) is 31.7 Å². The van der Waals surface area contributed by atoms with Crippen molar-refractivity contribution in [1.82, 2.24) is 9.88 Å². The third-order valence-electron chi connectivity index (χ3n) is 4.81. The highest BCUT2D eigenvalue weighted by atomic mass is 16.1. The van der Waals surface area contributed by atoms with Crippen molar-refractivity contribution in [2.45, 2.75) is 83.3 Å². The maximum atomic E-state index is 12.8. The molecule has 2 fully saturated rings. The molecule has 0 aliphatic heterocycles. The minimum Gasteiger partial charge on any atom is -0.310 e. The second kappa shape index (κ2) is 5.60. The van der Waals surface area contributed by atoms with Crippen LogP contribution in [0.4, 0.5) is 0 Å². The number of aromatic nitrogens is 1. The van der Waals surface area contributed by atoms with Crippen molar-refractivity contribution >= 4 is 0 Å². The van der Waals surface area contributed by atoms with E-state index in [2.05, 4.69) is 36.7 Å². The predicted octanol–water partition coefficient (Wildman–Crippen LogP) is 3.51. The Morgan fingerprint density at radius 1 is 1.14 bits per heavy atom. The van der Waals surface area contributed by atoms with E-state index < -0.39 is 0 Å². The Balaban J connectivity index is 1.85. The summed E-state index contributed by atoms with van der Waals surface area (Å²) in [6, 6.07) is 5.27. The van der Waals surface area contributed by atoms with Crippen molar-refractivity contribution in [2.75, 3.05) is 0 Å². The number of nitrogens with zero attached hydrogens (tertiary/aromatic N) is 1. The molecule has 0 atom stereocenters. The minimum absolute atomic E-state index is 0.0269. The Morgan fingerprint density at radius 3 is 2.38 bits per heavy atom. The lowest BCUT2D eigenvalue weighted by Gasteiger charge is -2.25. The van der Waals surface area contributed by atoms with Gasteiger partial charge in [0, 0.05) is 35.3 Å². The molecule has 0 radical (unpaired) electrons. The molecule has 0 aromatic carbocycles. The van der Waals surface area contributed by atoms with E-state index in [0.717, 1.165) is 24.9 Å². The highest BCUT2D eigenvalue weighted by Gasteiger charge is 2.31. The lowest BCUT2D eigenvalue weighted by Crippen LogP contribution is -2.34. The topological polar surface area (TPSA) is 34.0 Å². The second-order valence-corrected chi connectivity index (χ2v) is 7.76. The minimum atomic E-state index is 0.0269. The Kier molecular flexibility index (Phi) is 3.96. The van der Waals surface area contributed by atoms with Gasteiger partial charge >= 0.3 is 0 Å². The van der Waals surface area contributed by atoms with E-state index in [1.54, 1.807) is 0 Å². The van der Waals surface area contributed by atoms with Crippen molar-refractivity contribution in [1.29, 1.82) is 0 Å². The molecule has 1 N–H and O–H groups in total. The normalized spacial score (nSPS) is 20.1. The Morgan fingerprint density at radius 2 is 1.81 bits per heavy atom. The first-order valence-corrected chi connectivity index (χ1v) is 8.45. The largest absolute Gasteiger partial charge is 0.310 e. The van der Waals surface area contributed by atoms with Crippen LogP contribution in [0.5, 0.6) is 0 Å². The Labute approximate surface area is 127 Å². The first-order chi connectivity index (χ1) is 9.97. The third kappa shape index (κ3) is 3.23. The molecule has 2 aliphatic carbocycles. The molecule has 0 unspecified atom stereocenters. The fourth-order valence-electron chi connectivity index (χ4n) is 3.42. The number of hydrogen-bond donors (Lipinski definition) is 1. The summed E-state index contributed by atoms with van der Waals surface area (Å²) in [5, 5.41) is 3.57. The summed E-state index contributed by atoms with van der Waals surface area (Å²) in [5.41, 5.74) is 2.37. The van der Waals surface area contributed by atoms with Gasteiger partial charge in [0.25, 0.3) is 5.56 Å². The Bertz CT molecular complexity index is 558. The number of pyridine rings is 1. The fraction of sp³-hybridized carbons (Fsp3) is 0.722. The standard InChI is InChI=1S/C18H28N2O/c1-18(2,3)16-11-8-13(12-19-14-6-4-5-7-14)17(21)20(16)15-9-10-15/h8,11,14-15,19H,4-7,9-10,12H2,1-3H3. The SMILES string of the molecule is CC(C)(C)c1ccc(CNC2CCCC2)c(=O)n1C1CC1. The van der Waals surface area contributed by atoms with E-state index in [4.69, 9.17) is 0 Å². The molecule has 2 aliphatic rings. The molecule has 0 spiro atoms. The van der Waals surface area contributed by atoms with Crippen LogP contribution in [0, 0.1) is 0 Å². The van der Waals surface area contributed by atoms with Gasteiger partial charge in [0.15, 0.2) is 0 Å². The molecule has 21 heavy (non-hydrogen) atoms. The predicted molar refractivity (Wildman–Crippen MR) is 86.8 cm³/mol. The third-order valence-corrected chi connectivity index (χ3v) is 4.81. The van der Waals surface area contributed by atoms with Crippen molar-refractivity contribution in [3.05, 3.63) is 33.7 Å². The van der Waals surface area contributed by atoms with Crippen LogP contribution in [-0.2, 0) is 12.0 Å². The average molecular weight is 288 g/mol. The van der Waals surface area contributed by atoms with Crippen LogP contribution in [-0.4, -0.2) is 10.6 Å². The van der Waals surface area contributed by atoms with Gasteiger partial charge in [-0.3, -0.25) is 4.79 Å². The molecular weight excluding hydrogens is 260 g/mol. The van der Waals surface area contributed by atoms with E-state index >= 15 is 0 Å². The molecule has 1 heterocycles. The monoisotopic (exact) mass is 288 g/mol. The number of nitrogens with one attached hydrogen (secondary N) is 1. The summed E-state index contributed by atoms with van der Waals surface area (Å²) in [7, 11) is 0. The lowest BCUT2D eigenvalue weighted by atomic mass is 9.90. The molecule has 2 saturated carbocycles. The highest BCUT2D eigenvalue weighted by Crippen LogP contribution is 2.37. The smallest absolute Gasteiger partial charge is 0.255 e. The summed E-state index contributed by atoms with van der Waals surface area (Å²) >= 11 is 0. The van der Waals surface area contributed by atoms with Gasteiger partial charge in [0.05, 0.1) is 0 Å². The quantitative estimate of drug-likeness (QED) is 0.920.